The fraction of sp³-hybridized carbons (Fsp3) is 0.750. The van der Waals surface area contributed by atoms with Crippen molar-refractivity contribution in [3.05, 3.63) is 0 Å². The van der Waals surface area contributed by atoms with E-state index in [2.05, 4.69) is 4.99 Å². The summed E-state index contributed by atoms with van der Waals surface area (Å²) in [5.41, 5.74) is 0. The molecular formula is C4H5NOS. The fourth-order valence-electron chi connectivity index (χ4n) is 0.579. The second kappa shape index (κ2) is 0.968. The first-order valence-corrected chi connectivity index (χ1v) is 3.19. The zero-order chi connectivity index (χ0) is 4.74. The molecule has 2 aliphatic heterocycles. The molecule has 2 rings (SSSR count). The SMILES string of the molecule is C1=NC2(CO1)CS2. The van der Waals surface area contributed by atoms with Gasteiger partial charge >= 0.3 is 0 Å². The minimum atomic E-state index is 0.208. The van der Waals surface area contributed by atoms with Crippen LogP contribution in [0.15, 0.2) is 4.99 Å². The lowest BCUT2D eigenvalue weighted by Crippen LogP contribution is -2.04. The molecule has 0 N–H and O–H groups in total. The van der Waals surface area contributed by atoms with Gasteiger partial charge in [-0.2, -0.15) is 0 Å². The maximum absolute atomic E-state index is 4.91. The molecule has 0 radical (unpaired) electrons. The second-order valence-electron chi connectivity index (χ2n) is 1.78. The van der Waals surface area contributed by atoms with E-state index in [-0.39, 0.29) is 4.87 Å². The number of nitrogens with zero attached hydrogens (tertiary/aromatic N) is 1. The molecular weight excluding hydrogens is 110 g/mol. The average molecular weight is 115 g/mol. The summed E-state index contributed by atoms with van der Waals surface area (Å²) in [4.78, 5) is 4.30. The van der Waals surface area contributed by atoms with Gasteiger partial charge in [0.2, 0.25) is 0 Å². The Morgan fingerprint density at radius 1 is 1.86 bits per heavy atom. The Hall–Kier alpha value is -0.180. The zero-order valence-corrected chi connectivity index (χ0v) is 4.57. The van der Waals surface area contributed by atoms with Gasteiger partial charge in [0.05, 0.1) is 0 Å². The van der Waals surface area contributed by atoms with Crippen LogP contribution < -0.4 is 0 Å². The molecule has 7 heavy (non-hydrogen) atoms. The molecule has 0 amide bonds. The Labute approximate surface area is 46.0 Å². The molecule has 0 aliphatic carbocycles. The average Bonchev–Trinajstić information content (AvgIpc) is 2.15. The van der Waals surface area contributed by atoms with Crippen molar-refractivity contribution in [2.24, 2.45) is 4.99 Å². The van der Waals surface area contributed by atoms with Crippen molar-refractivity contribution in [2.75, 3.05) is 12.4 Å². The summed E-state index contributed by atoms with van der Waals surface area (Å²) in [5, 5.41) is 0. The lowest BCUT2D eigenvalue weighted by atomic mass is 10.4. The maximum atomic E-state index is 4.91. The van der Waals surface area contributed by atoms with Crippen LogP contribution in [-0.4, -0.2) is 23.6 Å². The summed E-state index contributed by atoms with van der Waals surface area (Å²) in [7, 11) is 0. The van der Waals surface area contributed by atoms with Gasteiger partial charge in [-0.05, 0) is 0 Å². The van der Waals surface area contributed by atoms with Crippen LogP contribution in [0.1, 0.15) is 0 Å². The highest BCUT2D eigenvalue weighted by atomic mass is 32.2. The Balaban J connectivity index is 2.22. The molecule has 1 saturated heterocycles. The van der Waals surface area contributed by atoms with E-state index in [1.54, 1.807) is 6.40 Å². The molecule has 0 bridgehead atoms. The molecule has 2 nitrogen and oxygen atoms in total. The van der Waals surface area contributed by atoms with E-state index in [0.717, 1.165) is 12.4 Å². The third-order valence-corrected chi connectivity index (χ3v) is 2.33. The normalized spacial score (nSPS) is 44.6. The van der Waals surface area contributed by atoms with Gasteiger partial charge in [-0.3, -0.25) is 0 Å². The Kier molecular flexibility index (Phi) is 0.522. The van der Waals surface area contributed by atoms with Crippen molar-refractivity contribution in [1.82, 2.24) is 0 Å². The van der Waals surface area contributed by atoms with E-state index in [9.17, 15) is 0 Å². The van der Waals surface area contributed by atoms with Crippen LogP contribution in [0.25, 0.3) is 0 Å². The monoisotopic (exact) mass is 115 g/mol. The van der Waals surface area contributed by atoms with Crippen LogP contribution in [0.3, 0.4) is 0 Å². The maximum Gasteiger partial charge on any atom is 0.171 e. The molecule has 1 spiro atoms. The van der Waals surface area contributed by atoms with Crippen LogP contribution in [0, 0.1) is 0 Å². The molecule has 0 aromatic carbocycles. The van der Waals surface area contributed by atoms with Crippen LogP contribution in [0.5, 0.6) is 0 Å². The van der Waals surface area contributed by atoms with Gasteiger partial charge in [0.15, 0.2) is 11.3 Å². The van der Waals surface area contributed by atoms with E-state index in [1.807, 2.05) is 11.8 Å². The van der Waals surface area contributed by atoms with Gasteiger partial charge in [0.1, 0.15) is 6.61 Å². The molecule has 38 valence electrons. The van der Waals surface area contributed by atoms with Gasteiger partial charge in [-0.15, -0.1) is 11.8 Å². The fourth-order valence-corrected chi connectivity index (χ4v) is 1.17. The smallest absolute Gasteiger partial charge is 0.171 e. The highest BCUT2D eigenvalue weighted by Crippen LogP contribution is 2.47. The molecule has 1 unspecified atom stereocenters. The third kappa shape index (κ3) is 0.445. The number of ether oxygens (including phenoxy) is 1. The summed E-state index contributed by atoms with van der Waals surface area (Å²) in [6.45, 7) is 0.803. The summed E-state index contributed by atoms with van der Waals surface area (Å²) >= 11 is 1.86. The molecule has 3 heteroatoms. The molecule has 2 aliphatic rings. The Morgan fingerprint density at radius 2 is 2.71 bits per heavy atom. The van der Waals surface area contributed by atoms with E-state index in [4.69, 9.17) is 4.74 Å². The topological polar surface area (TPSA) is 21.6 Å². The Morgan fingerprint density at radius 3 is 3.00 bits per heavy atom. The third-order valence-electron chi connectivity index (χ3n) is 1.15. The number of hydrogen-bond acceptors (Lipinski definition) is 3. The van der Waals surface area contributed by atoms with Crippen molar-refractivity contribution in [1.29, 1.82) is 0 Å². The zero-order valence-electron chi connectivity index (χ0n) is 3.76. The molecule has 0 aromatic rings. The minimum Gasteiger partial charge on any atom is -0.480 e. The van der Waals surface area contributed by atoms with Gasteiger partial charge in [0, 0.05) is 5.75 Å². The summed E-state index contributed by atoms with van der Waals surface area (Å²) < 4.78 is 4.91. The summed E-state index contributed by atoms with van der Waals surface area (Å²) in [5.74, 6) is 1.16. The largest absolute Gasteiger partial charge is 0.480 e. The first kappa shape index (κ1) is 3.78. The number of thioether (sulfide) groups is 1. The van der Waals surface area contributed by atoms with E-state index < -0.39 is 0 Å². The van der Waals surface area contributed by atoms with Gasteiger partial charge in [-0.25, -0.2) is 4.99 Å². The van der Waals surface area contributed by atoms with Crippen LogP contribution >= 0.6 is 11.8 Å². The quantitative estimate of drug-likeness (QED) is 0.428. The van der Waals surface area contributed by atoms with Gasteiger partial charge < -0.3 is 4.74 Å². The summed E-state index contributed by atoms with van der Waals surface area (Å²) in [6, 6.07) is 0. The van der Waals surface area contributed by atoms with Gasteiger partial charge in [-0.1, -0.05) is 0 Å². The lowest BCUT2D eigenvalue weighted by molar-refractivity contribution is 0.335. The van der Waals surface area contributed by atoms with Crippen molar-refractivity contribution < 1.29 is 4.74 Å². The number of rotatable bonds is 0. The number of hydrogen-bond donors (Lipinski definition) is 0. The van der Waals surface area contributed by atoms with E-state index >= 15 is 0 Å². The first-order valence-electron chi connectivity index (χ1n) is 2.21. The molecule has 2 heterocycles. The highest BCUT2D eigenvalue weighted by Gasteiger charge is 2.46. The van der Waals surface area contributed by atoms with Crippen LogP contribution in [0.2, 0.25) is 0 Å². The highest BCUT2D eigenvalue weighted by molar-refractivity contribution is 8.07. The van der Waals surface area contributed by atoms with Gasteiger partial charge in [0.25, 0.3) is 0 Å². The van der Waals surface area contributed by atoms with E-state index in [0.29, 0.717) is 0 Å². The van der Waals surface area contributed by atoms with Crippen LogP contribution in [-0.2, 0) is 4.74 Å². The Bertz CT molecular complexity index is 119. The lowest BCUT2D eigenvalue weighted by Gasteiger charge is -1.91. The minimum absolute atomic E-state index is 0.208. The second-order valence-corrected chi connectivity index (χ2v) is 3.12. The first-order chi connectivity index (χ1) is 3.41. The van der Waals surface area contributed by atoms with E-state index in [1.165, 1.54) is 0 Å². The predicted molar refractivity (Wildman–Crippen MR) is 29.6 cm³/mol. The molecule has 1 atom stereocenters. The molecule has 0 saturated carbocycles. The van der Waals surface area contributed by atoms with Crippen LogP contribution in [0.4, 0.5) is 0 Å². The predicted octanol–water partition coefficient (Wildman–Crippen LogP) is 0.488. The van der Waals surface area contributed by atoms with Crippen molar-refractivity contribution in [3.63, 3.8) is 0 Å². The standard InChI is InChI=1S/C4H5NOS/c1-4(2-7-4)5-3-6-1/h3H,1-2H2. The molecule has 1 fully saturated rings. The van der Waals surface area contributed by atoms with Crippen molar-refractivity contribution in [2.45, 2.75) is 4.87 Å². The van der Waals surface area contributed by atoms with Crippen molar-refractivity contribution >= 4 is 18.2 Å². The van der Waals surface area contributed by atoms with Crippen molar-refractivity contribution in [3.8, 4) is 0 Å². The molecule has 0 aromatic heterocycles. The summed E-state index contributed by atoms with van der Waals surface area (Å²) in [6.07, 6.45) is 1.56. The number of aliphatic imine (C=N–C) groups is 1.